The monoisotopic (exact) mass is 337 g/mol. The zero-order valence-electron chi connectivity index (χ0n) is 14.1. The third-order valence-electron chi connectivity index (χ3n) is 4.08. The number of carbonyl (C=O) groups is 1. The minimum Gasteiger partial charge on any atom is -0.394 e. The Bertz CT molecular complexity index is 485. The Hall–Kier alpha value is -1.32. The van der Waals surface area contributed by atoms with Gasteiger partial charge >= 0.3 is 0 Å². The Morgan fingerprint density at radius 3 is 2.52 bits per heavy atom. The second kappa shape index (κ2) is 10.5. The summed E-state index contributed by atoms with van der Waals surface area (Å²) in [6.45, 7) is 7.70. The molecule has 0 aliphatic heterocycles. The zero-order chi connectivity index (χ0) is 17.2. The Kier molecular flexibility index (Phi) is 8.97. The lowest BCUT2D eigenvalue weighted by Gasteiger charge is -2.23. The summed E-state index contributed by atoms with van der Waals surface area (Å²) in [6.07, 6.45) is 5.10. The van der Waals surface area contributed by atoms with Gasteiger partial charge in [0.2, 0.25) is 5.91 Å². The predicted octanol–water partition coefficient (Wildman–Crippen LogP) is 3.99. The number of aliphatic hydroxyl groups excluding tert-OH is 1. The number of aryl methyl sites for hydroxylation is 1. The lowest BCUT2D eigenvalue weighted by Crippen LogP contribution is -2.44. The van der Waals surface area contributed by atoms with Crippen molar-refractivity contribution in [3.8, 4) is 0 Å². The molecule has 0 bridgehead atoms. The van der Waals surface area contributed by atoms with E-state index in [1.807, 2.05) is 38.1 Å². The van der Waals surface area contributed by atoms with Crippen LogP contribution in [0.1, 0.15) is 38.7 Å². The van der Waals surface area contributed by atoms with Gasteiger partial charge in [0, 0.05) is 10.9 Å². The molecule has 0 aliphatic carbocycles. The SMILES string of the molecule is C=CCC(CCCc1ccc(Cl)cc1)C(=O)NC(CO)C(C)C. The molecule has 1 amide bonds. The molecule has 0 aliphatic rings. The van der Waals surface area contributed by atoms with E-state index in [-0.39, 0.29) is 30.4 Å². The van der Waals surface area contributed by atoms with Crippen LogP contribution in [-0.4, -0.2) is 23.7 Å². The van der Waals surface area contributed by atoms with Gasteiger partial charge in [-0.15, -0.1) is 6.58 Å². The third kappa shape index (κ3) is 7.19. The average molecular weight is 338 g/mol. The van der Waals surface area contributed by atoms with Crippen LogP contribution >= 0.6 is 11.6 Å². The average Bonchev–Trinajstić information content (AvgIpc) is 2.53. The molecular weight excluding hydrogens is 310 g/mol. The summed E-state index contributed by atoms with van der Waals surface area (Å²) >= 11 is 5.88. The summed E-state index contributed by atoms with van der Waals surface area (Å²) in [6, 6.07) is 7.63. The first-order valence-electron chi connectivity index (χ1n) is 8.24. The van der Waals surface area contributed by atoms with E-state index in [9.17, 15) is 9.90 Å². The van der Waals surface area contributed by atoms with E-state index < -0.39 is 0 Å². The van der Waals surface area contributed by atoms with Crippen molar-refractivity contribution in [3.63, 3.8) is 0 Å². The molecule has 0 radical (unpaired) electrons. The second-order valence-electron chi connectivity index (χ2n) is 6.28. The lowest BCUT2D eigenvalue weighted by atomic mass is 9.94. The van der Waals surface area contributed by atoms with E-state index in [0.29, 0.717) is 6.42 Å². The maximum atomic E-state index is 12.4. The minimum absolute atomic E-state index is 0.00811. The van der Waals surface area contributed by atoms with Crippen molar-refractivity contribution in [1.82, 2.24) is 5.32 Å². The van der Waals surface area contributed by atoms with Crippen molar-refractivity contribution in [2.24, 2.45) is 11.8 Å². The molecule has 2 unspecified atom stereocenters. The number of hydrogen-bond acceptors (Lipinski definition) is 2. The van der Waals surface area contributed by atoms with Gasteiger partial charge in [0.1, 0.15) is 0 Å². The topological polar surface area (TPSA) is 49.3 Å². The van der Waals surface area contributed by atoms with Crippen LogP contribution in [0.4, 0.5) is 0 Å². The van der Waals surface area contributed by atoms with Crippen LogP contribution in [-0.2, 0) is 11.2 Å². The Morgan fingerprint density at radius 1 is 1.35 bits per heavy atom. The molecule has 128 valence electrons. The summed E-state index contributed by atoms with van der Waals surface area (Å²) in [4.78, 5) is 12.4. The first-order valence-corrected chi connectivity index (χ1v) is 8.62. The maximum absolute atomic E-state index is 12.4. The van der Waals surface area contributed by atoms with Gasteiger partial charge in [0.25, 0.3) is 0 Å². The van der Waals surface area contributed by atoms with Crippen LogP contribution in [0.3, 0.4) is 0 Å². The number of rotatable bonds is 10. The standard InChI is InChI=1S/C19H28ClNO2/c1-4-6-16(19(23)21-18(13-22)14(2)3)8-5-7-15-9-11-17(20)12-10-15/h4,9-12,14,16,18,22H,1,5-8,13H2,2-3H3,(H,21,23). The van der Waals surface area contributed by atoms with E-state index >= 15 is 0 Å². The lowest BCUT2D eigenvalue weighted by molar-refractivity contribution is -0.126. The van der Waals surface area contributed by atoms with E-state index in [1.54, 1.807) is 6.08 Å². The zero-order valence-corrected chi connectivity index (χ0v) is 14.9. The van der Waals surface area contributed by atoms with Crippen molar-refractivity contribution in [2.45, 2.75) is 45.6 Å². The number of allylic oxidation sites excluding steroid dienone is 1. The molecule has 2 atom stereocenters. The molecule has 23 heavy (non-hydrogen) atoms. The molecule has 2 N–H and O–H groups in total. The summed E-state index contributed by atoms with van der Waals surface area (Å²) in [7, 11) is 0. The van der Waals surface area contributed by atoms with Crippen LogP contribution in [0.2, 0.25) is 5.02 Å². The molecule has 1 rings (SSSR count). The van der Waals surface area contributed by atoms with E-state index in [0.717, 1.165) is 24.3 Å². The van der Waals surface area contributed by atoms with Gasteiger partial charge in [-0.25, -0.2) is 0 Å². The largest absolute Gasteiger partial charge is 0.394 e. The van der Waals surface area contributed by atoms with Crippen molar-refractivity contribution < 1.29 is 9.90 Å². The van der Waals surface area contributed by atoms with Crippen molar-refractivity contribution >= 4 is 17.5 Å². The molecule has 4 heteroatoms. The second-order valence-corrected chi connectivity index (χ2v) is 6.72. The van der Waals surface area contributed by atoms with E-state index in [1.165, 1.54) is 5.56 Å². The molecule has 1 aromatic carbocycles. The van der Waals surface area contributed by atoms with Gasteiger partial charge in [-0.3, -0.25) is 4.79 Å². The summed E-state index contributed by atoms with van der Waals surface area (Å²) in [5, 5.41) is 13.0. The van der Waals surface area contributed by atoms with E-state index in [2.05, 4.69) is 11.9 Å². The maximum Gasteiger partial charge on any atom is 0.223 e. The fourth-order valence-electron chi connectivity index (χ4n) is 2.48. The number of aliphatic hydroxyl groups is 1. The summed E-state index contributed by atoms with van der Waals surface area (Å²) in [5.74, 6) is 0.128. The van der Waals surface area contributed by atoms with Crippen LogP contribution in [0, 0.1) is 11.8 Å². The number of nitrogens with one attached hydrogen (secondary N) is 1. The smallest absolute Gasteiger partial charge is 0.223 e. The van der Waals surface area contributed by atoms with Gasteiger partial charge in [0.05, 0.1) is 12.6 Å². The fraction of sp³-hybridized carbons (Fsp3) is 0.526. The minimum atomic E-state index is -0.189. The molecular formula is C19H28ClNO2. The molecule has 0 heterocycles. The number of amides is 1. The van der Waals surface area contributed by atoms with Crippen molar-refractivity contribution in [3.05, 3.63) is 47.5 Å². The molecule has 0 spiro atoms. The first kappa shape index (κ1) is 19.7. The molecule has 0 aromatic heterocycles. The third-order valence-corrected chi connectivity index (χ3v) is 4.33. The highest BCUT2D eigenvalue weighted by Gasteiger charge is 2.21. The predicted molar refractivity (Wildman–Crippen MR) is 96.5 cm³/mol. The van der Waals surface area contributed by atoms with Crippen LogP contribution in [0.5, 0.6) is 0 Å². The number of halogens is 1. The van der Waals surface area contributed by atoms with Gasteiger partial charge in [-0.1, -0.05) is 43.7 Å². The molecule has 0 fully saturated rings. The fourth-order valence-corrected chi connectivity index (χ4v) is 2.61. The number of hydrogen-bond donors (Lipinski definition) is 2. The van der Waals surface area contributed by atoms with Gasteiger partial charge in [-0.05, 0) is 49.3 Å². The van der Waals surface area contributed by atoms with Crippen LogP contribution < -0.4 is 5.32 Å². The van der Waals surface area contributed by atoms with Crippen molar-refractivity contribution in [1.29, 1.82) is 0 Å². The Labute approximate surface area is 144 Å². The highest BCUT2D eigenvalue weighted by atomic mass is 35.5. The van der Waals surface area contributed by atoms with Gasteiger partial charge < -0.3 is 10.4 Å². The number of carbonyl (C=O) groups excluding carboxylic acids is 1. The van der Waals surface area contributed by atoms with Crippen LogP contribution in [0.15, 0.2) is 36.9 Å². The van der Waals surface area contributed by atoms with E-state index in [4.69, 9.17) is 11.6 Å². The molecule has 1 aromatic rings. The quantitative estimate of drug-likeness (QED) is 0.634. The summed E-state index contributed by atoms with van der Waals surface area (Å²) < 4.78 is 0. The summed E-state index contributed by atoms with van der Waals surface area (Å²) in [5.41, 5.74) is 1.22. The highest BCUT2D eigenvalue weighted by molar-refractivity contribution is 6.30. The number of benzene rings is 1. The Balaban J connectivity index is 2.51. The van der Waals surface area contributed by atoms with Crippen molar-refractivity contribution in [2.75, 3.05) is 6.61 Å². The van der Waals surface area contributed by atoms with Gasteiger partial charge in [0.15, 0.2) is 0 Å². The normalized spacial score (nSPS) is 13.6. The molecule has 3 nitrogen and oxygen atoms in total. The first-order chi connectivity index (χ1) is 11.0. The van der Waals surface area contributed by atoms with Crippen LogP contribution in [0.25, 0.3) is 0 Å². The highest BCUT2D eigenvalue weighted by Crippen LogP contribution is 2.17. The Morgan fingerprint density at radius 2 is 2.00 bits per heavy atom. The molecule has 0 saturated carbocycles. The molecule has 0 saturated heterocycles. The van der Waals surface area contributed by atoms with Gasteiger partial charge in [-0.2, -0.15) is 0 Å².